The Balaban J connectivity index is 1.78. The lowest BCUT2D eigenvalue weighted by molar-refractivity contribution is 0.469. The molecule has 23 heavy (non-hydrogen) atoms. The van der Waals surface area contributed by atoms with Crippen molar-refractivity contribution in [2.24, 2.45) is 5.18 Å². The Labute approximate surface area is 134 Å². The molecule has 4 nitrogen and oxygen atoms in total. The highest BCUT2D eigenvalue weighted by atomic mass is 16.3. The van der Waals surface area contributed by atoms with Gasteiger partial charge >= 0.3 is 0 Å². The SMILES string of the molecule is O=Nc1ccc(O)c(CNc2cccc(-c3ccccc3)c2)c1. The first-order valence-electron chi connectivity index (χ1n) is 7.31. The highest BCUT2D eigenvalue weighted by Crippen LogP contribution is 2.26. The van der Waals surface area contributed by atoms with E-state index in [0.29, 0.717) is 17.8 Å². The molecule has 114 valence electrons. The normalized spacial score (nSPS) is 10.3. The Hall–Kier alpha value is -3.14. The van der Waals surface area contributed by atoms with Crippen molar-refractivity contribution in [1.29, 1.82) is 0 Å². The zero-order chi connectivity index (χ0) is 16.1. The zero-order valence-corrected chi connectivity index (χ0v) is 12.4. The summed E-state index contributed by atoms with van der Waals surface area (Å²) in [7, 11) is 0. The molecule has 0 spiro atoms. The molecule has 0 bridgehead atoms. The molecule has 3 rings (SSSR count). The fraction of sp³-hybridized carbons (Fsp3) is 0.0526. The summed E-state index contributed by atoms with van der Waals surface area (Å²) in [5, 5.41) is 16.0. The number of nitroso groups, excluding NO2 is 1. The number of anilines is 1. The fourth-order valence-electron chi connectivity index (χ4n) is 2.41. The maximum atomic E-state index is 10.6. The van der Waals surface area contributed by atoms with Crippen molar-refractivity contribution >= 4 is 11.4 Å². The number of nitrogens with zero attached hydrogens (tertiary/aromatic N) is 1. The van der Waals surface area contributed by atoms with Crippen LogP contribution in [0.5, 0.6) is 5.75 Å². The molecule has 0 atom stereocenters. The average Bonchev–Trinajstić information content (AvgIpc) is 2.62. The van der Waals surface area contributed by atoms with Crippen LogP contribution in [0.4, 0.5) is 11.4 Å². The van der Waals surface area contributed by atoms with Gasteiger partial charge in [-0.15, -0.1) is 4.91 Å². The molecule has 4 heteroatoms. The van der Waals surface area contributed by atoms with Crippen molar-refractivity contribution in [2.45, 2.75) is 6.54 Å². The predicted molar refractivity (Wildman–Crippen MR) is 92.8 cm³/mol. The van der Waals surface area contributed by atoms with Crippen LogP contribution in [0.2, 0.25) is 0 Å². The third-order valence-corrected chi connectivity index (χ3v) is 3.62. The van der Waals surface area contributed by atoms with Crippen molar-refractivity contribution < 1.29 is 5.11 Å². The lowest BCUT2D eigenvalue weighted by Crippen LogP contribution is -1.99. The first-order valence-corrected chi connectivity index (χ1v) is 7.31. The molecule has 0 heterocycles. The molecule has 0 amide bonds. The van der Waals surface area contributed by atoms with E-state index < -0.39 is 0 Å². The number of phenols is 1. The first-order chi connectivity index (χ1) is 11.3. The standard InChI is InChI=1S/C19H16N2O2/c22-19-10-9-18(21-23)12-16(19)13-20-17-8-4-7-15(11-17)14-5-2-1-3-6-14/h1-12,20,22H,13H2. The zero-order valence-electron chi connectivity index (χ0n) is 12.4. The molecule has 2 N–H and O–H groups in total. The molecule has 0 saturated heterocycles. The lowest BCUT2D eigenvalue weighted by atomic mass is 10.1. The van der Waals surface area contributed by atoms with Gasteiger partial charge in [0.1, 0.15) is 11.4 Å². The summed E-state index contributed by atoms with van der Waals surface area (Å²) < 4.78 is 0. The van der Waals surface area contributed by atoms with Gasteiger partial charge < -0.3 is 10.4 Å². The van der Waals surface area contributed by atoms with E-state index in [0.717, 1.165) is 16.8 Å². The van der Waals surface area contributed by atoms with Gasteiger partial charge in [0, 0.05) is 17.8 Å². The number of benzene rings is 3. The minimum Gasteiger partial charge on any atom is -0.508 e. The Morgan fingerprint density at radius 2 is 1.65 bits per heavy atom. The van der Waals surface area contributed by atoms with Gasteiger partial charge in [-0.3, -0.25) is 0 Å². The average molecular weight is 304 g/mol. The summed E-state index contributed by atoms with van der Waals surface area (Å²) in [6.07, 6.45) is 0. The van der Waals surface area contributed by atoms with Crippen LogP contribution in [-0.4, -0.2) is 5.11 Å². The van der Waals surface area contributed by atoms with E-state index in [1.807, 2.05) is 36.4 Å². The molecule has 0 unspecified atom stereocenters. The number of rotatable bonds is 5. The molecule has 3 aromatic carbocycles. The highest BCUT2D eigenvalue weighted by molar-refractivity contribution is 5.68. The van der Waals surface area contributed by atoms with Gasteiger partial charge in [0.15, 0.2) is 0 Å². The van der Waals surface area contributed by atoms with Gasteiger partial charge in [-0.25, -0.2) is 0 Å². The minimum absolute atomic E-state index is 0.143. The second kappa shape index (κ2) is 6.75. The van der Waals surface area contributed by atoms with Crippen molar-refractivity contribution in [3.05, 3.63) is 83.3 Å². The minimum atomic E-state index is 0.143. The summed E-state index contributed by atoms with van der Waals surface area (Å²) in [6, 6.07) is 22.7. The maximum absolute atomic E-state index is 10.6. The molecule has 0 saturated carbocycles. The summed E-state index contributed by atoms with van der Waals surface area (Å²) in [5.74, 6) is 0.143. The first kappa shape index (κ1) is 14.8. The third kappa shape index (κ3) is 3.55. The summed E-state index contributed by atoms with van der Waals surface area (Å²) in [4.78, 5) is 10.6. The van der Waals surface area contributed by atoms with Gasteiger partial charge in [0.2, 0.25) is 0 Å². The molecule has 0 aliphatic heterocycles. The third-order valence-electron chi connectivity index (χ3n) is 3.62. The van der Waals surface area contributed by atoms with Crippen LogP contribution < -0.4 is 5.32 Å². The van der Waals surface area contributed by atoms with E-state index in [9.17, 15) is 10.0 Å². The molecule has 0 aliphatic carbocycles. The van der Waals surface area contributed by atoms with Crippen LogP contribution in [0.25, 0.3) is 11.1 Å². The van der Waals surface area contributed by atoms with Gasteiger partial charge in [-0.2, -0.15) is 0 Å². The Kier molecular flexibility index (Phi) is 4.34. The van der Waals surface area contributed by atoms with E-state index in [2.05, 4.69) is 28.7 Å². The van der Waals surface area contributed by atoms with Gasteiger partial charge in [-0.05, 0) is 46.6 Å². The van der Waals surface area contributed by atoms with Crippen molar-refractivity contribution in [3.8, 4) is 16.9 Å². The van der Waals surface area contributed by atoms with Gasteiger partial charge in [0.05, 0.1) is 0 Å². The number of nitrogens with one attached hydrogen (secondary N) is 1. The Morgan fingerprint density at radius 1 is 0.870 bits per heavy atom. The van der Waals surface area contributed by atoms with Crippen LogP contribution in [0, 0.1) is 4.91 Å². The summed E-state index contributed by atoms with van der Waals surface area (Å²) >= 11 is 0. The number of hydrogen-bond donors (Lipinski definition) is 2. The Bertz CT molecular complexity index is 817. The van der Waals surface area contributed by atoms with Crippen molar-refractivity contribution in [1.82, 2.24) is 0 Å². The lowest BCUT2D eigenvalue weighted by Gasteiger charge is -2.10. The second-order valence-corrected chi connectivity index (χ2v) is 5.20. The van der Waals surface area contributed by atoms with Gasteiger partial charge in [-0.1, -0.05) is 42.5 Å². The van der Waals surface area contributed by atoms with E-state index >= 15 is 0 Å². The van der Waals surface area contributed by atoms with Crippen LogP contribution in [0.1, 0.15) is 5.56 Å². The van der Waals surface area contributed by atoms with Crippen molar-refractivity contribution in [3.63, 3.8) is 0 Å². The second-order valence-electron chi connectivity index (χ2n) is 5.20. The fourth-order valence-corrected chi connectivity index (χ4v) is 2.41. The number of phenolic OH excluding ortho intramolecular Hbond substituents is 1. The number of aromatic hydroxyl groups is 1. The van der Waals surface area contributed by atoms with Crippen LogP contribution in [0.3, 0.4) is 0 Å². The summed E-state index contributed by atoms with van der Waals surface area (Å²) in [5.41, 5.74) is 4.13. The monoisotopic (exact) mass is 304 g/mol. The van der Waals surface area contributed by atoms with Crippen molar-refractivity contribution in [2.75, 3.05) is 5.32 Å². The molecule has 0 radical (unpaired) electrons. The van der Waals surface area contributed by atoms with E-state index in [1.165, 1.54) is 12.1 Å². The number of hydrogen-bond acceptors (Lipinski definition) is 4. The quantitative estimate of drug-likeness (QED) is 0.647. The van der Waals surface area contributed by atoms with Crippen LogP contribution >= 0.6 is 0 Å². The molecular formula is C19H16N2O2. The smallest absolute Gasteiger partial charge is 0.120 e. The van der Waals surface area contributed by atoms with Crippen LogP contribution in [-0.2, 0) is 6.54 Å². The topological polar surface area (TPSA) is 61.7 Å². The molecule has 0 fully saturated rings. The van der Waals surface area contributed by atoms with E-state index in [1.54, 1.807) is 6.07 Å². The summed E-state index contributed by atoms with van der Waals surface area (Å²) in [6.45, 7) is 0.410. The van der Waals surface area contributed by atoms with E-state index in [-0.39, 0.29) is 5.75 Å². The van der Waals surface area contributed by atoms with Crippen LogP contribution in [0.15, 0.2) is 78.0 Å². The molecule has 0 aliphatic rings. The molecular weight excluding hydrogens is 288 g/mol. The molecule has 0 aromatic heterocycles. The van der Waals surface area contributed by atoms with Gasteiger partial charge in [0.25, 0.3) is 0 Å². The predicted octanol–water partition coefficient (Wildman–Crippen LogP) is 5.07. The molecule has 3 aromatic rings. The Morgan fingerprint density at radius 3 is 2.43 bits per heavy atom. The largest absolute Gasteiger partial charge is 0.508 e. The maximum Gasteiger partial charge on any atom is 0.120 e. The van der Waals surface area contributed by atoms with E-state index in [4.69, 9.17) is 0 Å². The highest BCUT2D eigenvalue weighted by Gasteiger charge is 2.04.